The predicted octanol–water partition coefficient (Wildman–Crippen LogP) is 0.132. The Morgan fingerprint density at radius 3 is 2.47 bits per heavy atom. The van der Waals surface area contributed by atoms with Gasteiger partial charge in [-0.15, -0.1) is 0 Å². The number of carboxylic acids is 1. The van der Waals surface area contributed by atoms with E-state index in [1.165, 1.54) is 8.99 Å². The molecule has 8 heteroatoms. The van der Waals surface area contributed by atoms with E-state index < -0.39 is 21.9 Å². The molecule has 7 nitrogen and oxygen atoms in total. The van der Waals surface area contributed by atoms with Crippen LogP contribution in [0.25, 0.3) is 0 Å². The zero-order chi connectivity index (χ0) is 14.4. The van der Waals surface area contributed by atoms with Crippen LogP contribution in [0.2, 0.25) is 0 Å². The molecule has 1 unspecified atom stereocenters. The van der Waals surface area contributed by atoms with Crippen LogP contribution in [0.15, 0.2) is 4.90 Å². The lowest BCUT2D eigenvalue weighted by Gasteiger charge is -2.16. The molecule has 1 fully saturated rings. The quantitative estimate of drug-likeness (QED) is 0.853. The number of nitrogens with zero attached hydrogens (tertiary/aromatic N) is 3. The number of sulfonamides is 1. The molecule has 1 atom stereocenters. The van der Waals surface area contributed by atoms with Crippen LogP contribution >= 0.6 is 0 Å². The van der Waals surface area contributed by atoms with Crippen LogP contribution < -0.4 is 0 Å². The molecule has 1 saturated heterocycles. The molecule has 1 aliphatic rings. The van der Waals surface area contributed by atoms with Crippen molar-refractivity contribution in [1.29, 1.82) is 0 Å². The summed E-state index contributed by atoms with van der Waals surface area (Å²) in [5, 5.41) is 13.0. The first-order chi connectivity index (χ1) is 8.75. The van der Waals surface area contributed by atoms with Crippen LogP contribution in [0, 0.1) is 19.8 Å². The maximum absolute atomic E-state index is 12.5. The number of rotatable bonds is 3. The van der Waals surface area contributed by atoms with Gasteiger partial charge in [0.25, 0.3) is 0 Å². The van der Waals surface area contributed by atoms with Gasteiger partial charge in [-0.25, -0.2) is 8.42 Å². The fourth-order valence-electron chi connectivity index (χ4n) is 2.40. The summed E-state index contributed by atoms with van der Waals surface area (Å²) in [6.45, 7) is 3.61. The van der Waals surface area contributed by atoms with Crippen molar-refractivity contribution in [1.82, 2.24) is 14.1 Å². The Hall–Kier alpha value is -1.41. The Bertz CT molecular complexity index is 620. The third-order valence-electron chi connectivity index (χ3n) is 3.54. The smallest absolute Gasteiger partial charge is 0.307 e. The lowest BCUT2D eigenvalue weighted by Crippen LogP contribution is -2.30. The normalized spacial score (nSPS) is 20.9. The lowest BCUT2D eigenvalue weighted by atomic mass is 10.1. The van der Waals surface area contributed by atoms with E-state index in [2.05, 4.69) is 5.10 Å². The minimum Gasteiger partial charge on any atom is -0.481 e. The topological polar surface area (TPSA) is 92.5 Å². The van der Waals surface area contributed by atoms with Gasteiger partial charge in [0.15, 0.2) is 0 Å². The zero-order valence-electron chi connectivity index (χ0n) is 11.1. The van der Waals surface area contributed by atoms with E-state index in [0.29, 0.717) is 17.8 Å². The fourth-order valence-corrected chi connectivity index (χ4v) is 4.30. The van der Waals surface area contributed by atoms with Crippen molar-refractivity contribution in [3.8, 4) is 0 Å². The van der Waals surface area contributed by atoms with Crippen molar-refractivity contribution in [3.05, 3.63) is 11.4 Å². The van der Waals surface area contributed by atoms with Crippen molar-refractivity contribution in [2.24, 2.45) is 13.0 Å². The van der Waals surface area contributed by atoms with Gasteiger partial charge in [-0.3, -0.25) is 9.48 Å². The molecule has 0 aromatic carbocycles. The van der Waals surface area contributed by atoms with Crippen molar-refractivity contribution in [2.75, 3.05) is 13.1 Å². The fraction of sp³-hybridized carbons (Fsp3) is 0.636. The van der Waals surface area contributed by atoms with Crippen molar-refractivity contribution >= 4 is 16.0 Å². The van der Waals surface area contributed by atoms with Crippen LogP contribution in [0.4, 0.5) is 0 Å². The third kappa shape index (κ3) is 2.25. The Morgan fingerprint density at radius 1 is 1.42 bits per heavy atom. The lowest BCUT2D eigenvalue weighted by molar-refractivity contribution is -0.141. The number of carbonyl (C=O) groups is 1. The molecule has 1 N–H and O–H groups in total. The van der Waals surface area contributed by atoms with Gasteiger partial charge in [0, 0.05) is 20.1 Å². The number of aromatic nitrogens is 2. The second-order valence-electron chi connectivity index (χ2n) is 4.81. The van der Waals surface area contributed by atoms with Crippen LogP contribution in [0.1, 0.15) is 17.8 Å². The molecule has 0 amide bonds. The molecule has 1 aromatic heterocycles. The Labute approximate surface area is 111 Å². The molecule has 2 heterocycles. The number of hydrogen-bond donors (Lipinski definition) is 1. The summed E-state index contributed by atoms with van der Waals surface area (Å²) in [5.74, 6) is -1.57. The van der Waals surface area contributed by atoms with Crippen LogP contribution in [-0.2, 0) is 21.9 Å². The van der Waals surface area contributed by atoms with E-state index in [9.17, 15) is 13.2 Å². The van der Waals surface area contributed by atoms with Gasteiger partial charge in [-0.2, -0.15) is 9.40 Å². The minimum atomic E-state index is -3.66. The van der Waals surface area contributed by atoms with E-state index in [1.807, 2.05) is 0 Å². The highest BCUT2D eigenvalue weighted by atomic mass is 32.2. The van der Waals surface area contributed by atoms with Crippen molar-refractivity contribution < 1.29 is 18.3 Å². The summed E-state index contributed by atoms with van der Waals surface area (Å²) in [7, 11) is -1.97. The molecule has 19 heavy (non-hydrogen) atoms. The van der Waals surface area contributed by atoms with Crippen LogP contribution in [0.5, 0.6) is 0 Å². The summed E-state index contributed by atoms with van der Waals surface area (Å²) in [6, 6.07) is 0. The first-order valence-corrected chi connectivity index (χ1v) is 7.42. The summed E-state index contributed by atoms with van der Waals surface area (Å²) in [4.78, 5) is 11.1. The highest BCUT2D eigenvalue weighted by molar-refractivity contribution is 7.89. The number of carboxylic acid groups (broad SMARTS) is 1. The molecule has 1 aliphatic heterocycles. The highest BCUT2D eigenvalue weighted by Gasteiger charge is 2.38. The van der Waals surface area contributed by atoms with Gasteiger partial charge in [0.1, 0.15) is 4.90 Å². The molecule has 0 spiro atoms. The molecule has 0 radical (unpaired) electrons. The highest BCUT2D eigenvalue weighted by Crippen LogP contribution is 2.28. The van der Waals surface area contributed by atoms with E-state index >= 15 is 0 Å². The van der Waals surface area contributed by atoms with Gasteiger partial charge in [0.2, 0.25) is 10.0 Å². The molecular weight excluding hydrogens is 270 g/mol. The monoisotopic (exact) mass is 287 g/mol. The van der Waals surface area contributed by atoms with Crippen LogP contribution in [-0.4, -0.2) is 46.7 Å². The van der Waals surface area contributed by atoms with Gasteiger partial charge < -0.3 is 5.11 Å². The number of aliphatic carboxylic acids is 1. The molecule has 0 bridgehead atoms. The van der Waals surface area contributed by atoms with Crippen LogP contribution in [0.3, 0.4) is 0 Å². The average Bonchev–Trinajstić information content (AvgIpc) is 2.85. The summed E-state index contributed by atoms with van der Waals surface area (Å²) < 4.78 is 27.8. The minimum absolute atomic E-state index is 0.0332. The summed E-state index contributed by atoms with van der Waals surface area (Å²) in [6.07, 6.45) is 0.354. The first kappa shape index (κ1) is 14.0. The predicted molar refractivity (Wildman–Crippen MR) is 67.2 cm³/mol. The molecular formula is C11H17N3O4S. The molecule has 0 saturated carbocycles. The SMILES string of the molecule is Cc1nn(C)c(C)c1S(=O)(=O)N1CCC(C(=O)O)C1. The zero-order valence-corrected chi connectivity index (χ0v) is 11.9. The van der Waals surface area contributed by atoms with Crippen molar-refractivity contribution in [2.45, 2.75) is 25.2 Å². The standard InChI is InChI=1S/C11H17N3O4S/c1-7-10(8(2)13(3)12-7)19(17,18)14-5-4-9(6-14)11(15)16/h9H,4-6H2,1-3H3,(H,15,16). The van der Waals surface area contributed by atoms with Gasteiger partial charge >= 0.3 is 5.97 Å². The van der Waals surface area contributed by atoms with E-state index in [4.69, 9.17) is 5.11 Å². The Balaban J connectivity index is 2.37. The average molecular weight is 287 g/mol. The maximum atomic E-state index is 12.5. The van der Waals surface area contributed by atoms with Gasteiger partial charge in [-0.1, -0.05) is 0 Å². The molecule has 0 aliphatic carbocycles. The second-order valence-corrected chi connectivity index (χ2v) is 6.69. The van der Waals surface area contributed by atoms with Gasteiger partial charge in [-0.05, 0) is 20.3 Å². The molecule has 1 aromatic rings. The molecule has 2 rings (SSSR count). The first-order valence-electron chi connectivity index (χ1n) is 5.98. The van der Waals surface area contributed by atoms with Gasteiger partial charge in [0.05, 0.1) is 17.3 Å². The number of hydrogen-bond acceptors (Lipinski definition) is 4. The Kier molecular flexibility index (Phi) is 3.40. The largest absolute Gasteiger partial charge is 0.481 e. The Morgan fingerprint density at radius 2 is 2.05 bits per heavy atom. The van der Waals surface area contributed by atoms with E-state index in [0.717, 1.165) is 0 Å². The van der Waals surface area contributed by atoms with Crippen molar-refractivity contribution in [3.63, 3.8) is 0 Å². The summed E-state index contributed by atoms with van der Waals surface area (Å²) >= 11 is 0. The summed E-state index contributed by atoms with van der Waals surface area (Å²) in [5.41, 5.74) is 1.01. The number of aryl methyl sites for hydroxylation is 2. The second kappa shape index (κ2) is 4.61. The van der Waals surface area contributed by atoms with E-state index in [1.54, 1.807) is 20.9 Å². The molecule has 106 valence electrons. The van der Waals surface area contributed by atoms with E-state index in [-0.39, 0.29) is 18.0 Å². The third-order valence-corrected chi connectivity index (χ3v) is 5.66. The maximum Gasteiger partial charge on any atom is 0.307 e.